The van der Waals surface area contributed by atoms with E-state index < -0.39 is 10.9 Å². The molecule has 0 amide bonds. The van der Waals surface area contributed by atoms with Crippen LogP contribution in [0.5, 0.6) is 0 Å². The van der Waals surface area contributed by atoms with Gasteiger partial charge in [0.25, 0.3) is 0 Å². The monoisotopic (exact) mass is 378 g/mol. The Morgan fingerprint density at radius 2 is 2.05 bits per heavy atom. The quantitative estimate of drug-likeness (QED) is 0.601. The minimum atomic E-state index is -0.697. The summed E-state index contributed by atoms with van der Waals surface area (Å²) >= 11 is 6.68. The SMILES string of the molecule is N#CC1=C(N)C(C#N)C(c2cccc(Br)c2)=NC1Br. The van der Waals surface area contributed by atoms with Gasteiger partial charge in [-0.1, -0.05) is 44.0 Å². The summed E-state index contributed by atoms with van der Waals surface area (Å²) in [4.78, 5) is 3.87. The lowest BCUT2D eigenvalue weighted by molar-refractivity contribution is 0.902. The highest BCUT2D eigenvalue weighted by atomic mass is 79.9. The standard InChI is InChI=1S/C13H8Br2N4/c14-8-3-1-2-7(4-8)12-9(5-16)11(18)10(6-17)13(15)19-12/h1-4,9,13H,18H2. The van der Waals surface area contributed by atoms with E-state index in [1.165, 1.54) is 0 Å². The van der Waals surface area contributed by atoms with E-state index >= 15 is 0 Å². The molecule has 6 heteroatoms. The minimum absolute atomic E-state index is 0.261. The smallest absolute Gasteiger partial charge is 0.141 e. The summed E-state index contributed by atoms with van der Waals surface area (Å²) in [6, 6.07) is 11.6. The van der Waals surface area contributed by atoms with Crippen molar-refractivity contribution in [2.45, 2.75) is 4.95 Å². The first kappa shape index (κ1) is 13.8. The van der Waals surface area contributed by atoms with Gasteiger partial charge in [-0.3, -0.25) is 4.99 Å². The molecule has 2 N–H and O–H groups in total. The van der Waals surface area contributed by atoms with Gasteiger partial charge in [0.1, 0.15) is 10.9 Å². The lowest BCUT2D eigenvalue weighted by Crippen LogP contribution is -2.29. The van der Waals surface area contributed by atoms with Crippen LogP contribution in [0.1, 0.15) is 5.56 Å². The highest BCUT2D eigenvalue weighted by Crippen LogP contribution is 2.29. The zero-order valence-electron chi connectivity index (χ0n) is 9.64. The van der Waals surface area contributed by atoms with Crippen LogP contribution in [0.15, 0.2) is 45.0 Å². The van der Waals surface area contributed by atoms with Crippen molar-refractivity contribution in [1.82, 2.24) is 0 Å². The van der Waals surface area contributed by atoms with E-state index in [1.54, 1.807) is 0 Å². The van der Waals surface area contributed by atoms with Crippen LogP contribution in [0.3, 0.4) is 0 Å². The Morgan fingerprint density at radius 3 is 2.63 bits per heavy atom. The maximum atomic E-state index is 9.28. The van der Waals surface area contributed by atoms with E-state index in [1.807, 2.05) is 30.3 Å². The fourth-order valence-electron chi connectivity index (χ4n) is 1.84. The molecule has 2 atom stereocenters. The van der Waals surface area contributed by atoms with Crippen LogP contribution in [0.25, 0.3) is 0 Å². The van der Waals surface area contributed by atoms with E-state index in [4.69, 9.17) is 11.0 Å². The Hall–Kier alpha value is -1.63. The summed E-state index contributed by atoms with van der Waals surface area (Å²) in [6.07, 6.45) is 0. The maximum Gasteiger partial charge on any atom is 0.141 e. The summed E-state index contributed by atoms with van der Waals surface area (Å²) in [5.41, 5.74) is 7.85. The van der Waals surface area contributed by atoms with Crippen LogP contribution in [0.2, 0.25) is 0 Å². The van der Waals surface area contributed by atoms with Crippen molar-refractivity contribution >= 4 is 37.6 Å². The average molecular weight is 380 g/mol. The van der Waals surface area contributed by atoms with Gasteiger partial charge < -0.3 is 5.73 Å². The number of nitrogens with zero attached hydrogens (tertiary/aromatic N) is 3. The van der Waals surface area contributed by atoms with Gasteiger partial charge in [-0.15, -0.1) is 0 Å². The number of halogens is 2. The maximum absolute atomic E-state index is 9.28. The second-order valence-electron chi connectivity index (χ2n) is 3.90. The minimum Gasteiger partial charge on any atom is -0.400 e. The van der Waals surface area contributed by atoms with Gasteiger partial charge in [0.15, 0.2) is 0 Å². The van der Waals surface area contributed by atoms with E-state index in [-0.39, 0.29) is 5.70 Å². The largest absolute Gasteiger partial charge is 0.400 e. The molecule has 2 unspecified atom stereocenters. The number of aliphatic imine (C=N–C) groups is 1. The number of hydrogen-bond donors (Lipinski definition) is 1. The topological polar surface area (TPSA) is 86.0 Å². The van der Waals surface area contributed by atoms with Crippen LogP contribution in [0.4, 0.5) is 0 Å². The van der Waals surface area contributed by atoms with Gasteiger partial charge in [-0.25, -0.2) is 0 Å². The van der Waals surface area contributed by atoms with Crippen molar-refractivity contribution in [2.75, 3.05) is 0 Å². The number of benzene rings is 1. The molecule has 0 fully saturated rings. The van der Waals surface area contributed by atoms with Gasteiger partial charge in [-0.2, -0.15) is 10.5 Å². The van der Waals surface area contributed by atoms with Crippen LogP contribution in [-0.2, 0) is 0 Å². The van der Waals surface area contributed by atoms with Gasteiger partial charge in [0, 0.05) is 10.2 Å². The lowest BCUT2D eigenvalue weighted by Gasteiger charge is -2.22. The molecule has 0 aromatic heterocycles. The number of hydrogen-bond acceptors (Lipinski definition) is 4. The summed E-state index contributed by atoms with van der Waals surface area (Å²) in [5.74, 6) is -0.697. The average Bonchev–Trinajstić information content (AvgIpc) is 2.38. The predicted molar refractivity (Wildman–Crippen MR) is 79.3 cm³/mol. The van der Waals surface area contributed by atoms with Gasteiger partial charge >= 0.3 is 0 Å². The molecule has 1 heterocycles. The van der Waals surface area contributed by atoms with Crippen molar-refractivity contribution in [2.24, 2.45) is 16.6 Å². The number of alkyl halides is 1. The van der Waals surface area contributed by atoms with E-state index in [0.717, 1.165) is 10.0 Å². The Bertz CT molecular complexity index is 664. The first-order valence-electron chi connectivity index (χ1n) is 5.35. The number of dihydropyridines is 1. The van der Waals surface area contributed by atoms with Gasteiger partial charge in [0.2, 0.25) is 0 Å². The normalized spacial score (nSPS) is 22.4. The zero-order chi connectivity index (χ0) is 14.0. The molecule has 0 aliphatic carbocycles. The van der Waals surface area contributed by atoms with Crippen molar-refractivity contribution < 1.29 is 0 Å². The highest BCUT2D eigenvalue weighted by Gasteiger charge is 2.30. The molecular formula is C13H8Br2N4. The van der Waals surface area contributed by atoms with Crippen LogP contribution in [0, 0.1) is 28.6 Å². The molecule has 0 radical (unpaired) electrons. The number of nitriles is 2. The molecule has 1 aromatic carbocycles. The molecule has 0 saturated heterocycles. The predicted octanol–water partition coefficient (Wildman–Crippen LogP) is 2.85. The second-order valence-corrected chi connectivity index (χ2v) is 5.69. The van der Waals surface area contributed by atoms with Crippen LogP contribution >= 0.6 is 31.9 Å². The van der Waals surface area contributed by atoms with Crippen molar-refractivity contribution in [3.63, 3.8) is 0 Å². The number of allylic oxidation sites excluding steroid dienone is 1. The van der Waals surface area contributed by atoms with E-state index in [9.17, 15) is 5.26 Å². The molecule has 1 aliphatic rings. The lowest BCUT2D eigenvalue weighted by atomic mass is 9.90. The first-order chi connectivity index (χ1) is 9.08. The Labute approximate surface area is 127 Å². The number of rotatable bonds is 1. The van der Waals surface area contributed by atoms with Crippen molar-refractivity contribution in [1.29, 1.82) is 10.5 Å². The summed E-state index contributed by atoms with van der Waals surface area (Å²) < 4.78 is 0.893. The molecular weight excluding hydrogens is 372 g/mol. The Kier molecular flexibility index (Phi) is 4.04. The Morgan fingerprint density at radius 1 is 1.32 bits per heavy atom. The van der Waals surface area contributed by atoms with Crippen molar-refractivity contribution in [3.8, 4) is 12.1 Å². The van der Waals surface area contributed by atoms with Crippen molar-refractivity contribution in [3.05, 3.63) is 45.6 Å². The molecule has 0 saturated carbocycles. The summed E-state index contributed by atoms with van der Waals surface area (Å²) in [7, 11) is 0. The van der Waals surface area contributed by atoms with Gasteiger partial charge in [-0.05, 0) is 17.7 Å². The summed E-state index contributed by atoms with van der Waals surface area (Å²) in [6.45, 7) is 0. The highest BCUT2D eigenvalue weighted by molar-refractivity contribution is 9.10. The molecule has 4 nitrogen and oxygen atoms in total. The molecule has 94 valence electrons. The number of nitrogens with two attached hydrogens (primary N) is 1. The summed E-state index contributed by atoms with van der Waals surface area (Å²) in [5, 5.41) is 18.3. The molecule has 1 aliphatic heterocycles. The molecule has 1 aromatic rings. The third-order valence-corrected chi connectivity index (χ3v) is 3.91. The van der Waals surface area contributed by atoms with Crippen LogP contribution in [-0.4, -0.2) is 10.7 Å². The van der Waals surface area contributed by atoms with E-state index in [0.29, 0.717) is 11.3 Å². The third kappa shape index (κ3) is 2.56. The third-order valence-electron chi connectivity index (χ3n) is 2.76. The Balaban J connectivity index is 2.54. The van der Waals surface area contributed by atoms with Gasteiger partial charge in [0.05, 0.1) is 23.4 Å². The molecule has 19 heavy (non-hydrogen) atoms. The second kappa shape index (κ2) is 5.56. The fraction of sp³-hybridized carbons (Fsp3) is 0.154. The first-order valence-corrected chi connectivity index (χ1v) is 7.06. The molecule has 0 bridgehead atoms. The van der Waals surface area contributed by atoms with E-state index in [2.05, 4.69) is 42.9 Å². The molecule has 2 rings (SSSR count). The molecule has 0 spiro atoms. The van der Waals surface area contributed by atoms with Crippen LogP contribution < -0.4 is 5.73 Å². The fourth-order valence-corrected chi connectivity index (χ4v) is 2.83. The zero-order valence-corrected chi connectivity index (χ0v) is 12.8.